The van der Waals surface area contributed by atoms with Crippen molar-refractivity contribution in [3.8, 4) is 5.75 Å². The molecular formula is C21H21N5O3. The van der Waals surface area contributed by atoms with Gasteiger partial charge in [-0.15, -0.1) is 10.2 Å². The Kier molecular flexibility index (Phi) is 4.99. The molecule has 4 rings (SSSR count). The molecule has 1 aliphatic heterocycles. The van der Waals surface area contributed by atoms with Crippen LogP contribution in [0.3, 0.4) is 0 Å². The van der Waals surface area contributed by atoms with Crippen LogP contribution in [0, 0.1) is 0 Å². The van der Waals surface area contributed by atoms with Crippen LogP contribution in [0.25, 0.3) is 0 Å². The Labute approximate surface area is 167 Å². The lowest BCUT2D eigenvalue weighted by Crippen LogP contribution is -2.49. The van der Waals surface area contributed by atoms with Crippen LogP contribution in [-0.2, 0) is 4.79 Å². The quantitative estimate of drug-likeness (QED) is 0.710. The molecule has 0 radical (unpaired) electrons. The average Bonchev–Trinajstić information content (AvgIpc) is 3.22. The Balaban J connectivity index is 1.47. The molecule has 148 valence electrons. The Morgan fingerprint density at radius 3 is 2.69 bits per heavy atom. The zero-order valence-electron chi connectivity index (χ0n) is 16.1. The number of hydrogen-bond donors (Lipinski definition) is 2. The van der Waals surface area contributed by atoms with Crippen molar-refractivity contribution in [3.63, 3.8) is 0 Å². The Morgan fingerprint density at radius 1 is 1.17 bits per heavy atom. The highest BCUT2D eigenvalue weighted by Gasteiger charge is 2.31. The minimum absolute atomic E-state index is 0.0351. The molecule has 8 heteroatoms. The number of nitrogens with one attached hydrogen (secondary N) is 2. The van der Waals surface area contributed by atoms with Crippen LogP contribution in [0.5, 0.6) is 5.75 Å². The molecular weight excluding hydrogens is 370 g/mol. The third-order valence-corrected chi connectivity index (χ3v) is 5.00. The van der Waals surface area contributed by atoms with Gasteiger partial charge in [-0.05, 0) is 17.7 Å². The van der Waals surface area contributed by atoms with E-state index in [0.29, 0.717) is 17.3 Å². The minimum atomic E-state index is -0.833. The van der Waals surface area contributed by atoms with Crippen LogP contribution in [-0.4, -0.2) is 46.7 Å². The molecule has 1 aromatic heterocycles. The van der Waals surface area contributed by atoms with Gasteiger partial charge >= 0.3 is 0 Å². The van der Waals surface area contributed by atoms with Gasteiger partial charge in [-0.25, -0.2) is 0 Å². The molecule has 3 aromatic rings. The second-order valence-corrected chi connectivity index (χ2v) is 6.89. The van der Waals surface area contributed by atoms with E-state index in [4.69, 9.17) is 4.74 Å². The minimum Gasteiger partial charge on any atom is -0.489 e. The van der Waals surface area contributed by atoms with E-state index in [2.05, 4.69) is 20.5 Å². The number of aromatic amines is 1. The molecule has 2 heterocycles. The zero-order valence-corrected chi connectivity index (χ0v) is 16.1. The van der Waals surface area contributed by atoms with E-state index in [9.17, 15) is 9.59 Å². The highest BCUT2D eigenvalue weighted by atomic mass is 16.5. The van der Waals surface area contributed by atoms with Crippen molar-refractivity contribution >= 4 is 17.5 Å². The van der Waals surface area contributed by atoms with Crippen molar-refractivity contribution in [2.24, 2.45) is 0 Å². The number of aromatic nitrogens is 3. The summed E-state index contributed by atoms with van der Waals surface area (Å²) in [4.78, 5) is 29.9. The number of anilines is 1. The summed E-state index contributed by atoms with van der Waals surface area (Å²) in [6.07, 6.45) is 0. The summed E-state index contributed by atoms with van der Waals surface area (Å²) in [6.45, 7) is 2.01. The fraction of sp³-hybridized carbons (Fsp3) is 0.238. The molecule has 29 heavy (non-hydrogen) atoms. The van der Waals surface area contributed by atoms with Crippen molar-refractivity contribution in [1.82, 2.24) is 20.5 Å². The summed E-state index contributed by atoms with van der Waals surface area (Å²) in [6, 6.07) is 16.2. The topological polar surface area (TPSA) is 100 Å². The second-order valence-electron chi connectivity index (χ2n) is 6.89. The Hall–Kier alpha value is -3.68. The van der Waals surface area contributed by atoms with Gasteiger partial charge in [0.15, 0.2) is 0 Å². The summed E-state index contributed by atoms with van der Waals surface area (Å²) < 4.78 is 5.72. The van der Waals surface area contributed by atoms with Crippen molar-refractivity contribution < 1.29 is 14.3 Å². The molecule has 0 saturated carbocycles. The number of ether oxygens (including phenoxy) is 1. The first-order valence-electron chi connectivity index (χ1n) is 9.32. The first kappa shape index (κ1) is 18.7. The van der Waals surface area contributed by atoms with Gasteiger partial charge in [0.1, 0.15) is 24.2 Å². The number of hydrogen-bond acceptors (Lipinski definition) is 5. The van der Waals surface area contributed by atoms with Gasteiger partial charge < -0.3 is 19.9 Å². The van der Waals surface area contributed by atoms with E-state index < -0.39 is 11.9 Å². The van der Waals surface area contributed by atoms with Gasteiger partial charge in [-0.2, -0.15) is 0 Å². The molecule has 0 saturated heterocycles. The largest absolute Gasteiger partial charge is 0.489 e. The lowest BCUT2D eigenvalue weighted by Gasteiger charge is -2.19. The molecule has 0 aliphatic carbocycles. The van der Waals surface area contributed by atoms with E-state index in [1.807, 2.05) is 49.4 Å². The number of benzene rings is 2. The van der Waals surface area contributed by atoms with Crippen LogP contribution in [0.4, 0.5) is 5.69 Å². The molecule has 1 unspecified atom stereocenters. The highest BCUT2D eigenvalue weighted by molar-refractivity contribution is 6.02. The van der Waals surface area contributed by atoms with E-state index in [-0.39, 0.29) is 24.3 Å². The lowest BCUT2D eigenvalue weighted by molar-refractivity contribution is -0.120. The number of carbonyl (C=O) groups is 2. The maximum atomic E-state index is 12.8. The van der Waals surface area contributed by atoms with Crippen LogP contribution in [0.2, 0.25) is 0 Å². The number of rotatable bonds is 4. The van der Waals surface area contributed by atoms with E-state index >= 15 is 0 Å². The summed E-state index contributed by atoms with van der Waals surface area (Å²) in [5.41, 5.74) is 1.72. The average molecular weight is 391 g/mol. The van der Waals surface area contributed by atoms with Crippen molar-refractivity contribution in [2.45, 2.75) is 18.9 Å². The summed E-state index contributed by atoms with van der Waals surface area (Å²) in [7, 11) is 1.66. The number of amides is 2. The molecule has 2 N–H and O–H groups in total. The van der Waals surface area contributed by atoms with Gasteiger partial charge in [0.05, 0.1) is 5.69 Å². The normalized spacial score (nSPS) is 17.1. The molecule has 0 bridgehead atoms. The van der Waals surface area contributed by atoms with Crippen LogP contribution < -0.4 is 15.0 Å². The van der Waals surface area contributed by atoms with Crippen LogP contribution >= 0.6 is 0 Å². The molecule has 0 fully saturated rings. The standard InChI is InChI=1S/C21H21N5O3/c1-13(14-8-4-3-5-9-14)18-23-19(25-24-18)20(27)22-15-12-29-17-11-7-6-10-16(17)26(2)21(15)28/h3-11,13,15H,12H2,1-2H3,(H,22,27)(H,23,24,25)/t13-,15?/m0/s1. The molecule has 2 atom stereocenters. The Bertz CT molecular complexity index is 1030. The lowest BCUT2D eigenvalue weighted by atomic mass is 10.0. The monoisotopic (exact) mass is 391 g/mol. The van der Waals surface area contributed by atoms with E-state index in [0.717, 1.165) is 5.56 Å². The van der Waals surface area contributed by atoms with Crippen LogP contribution in [0.15, 0.2) is 54.6 Å². The fourth-order valence-corrected chi connectivity index (χ4v) is 3.25. The molecule has 0 spiro atoms. The number of nitrogens with zero attached hydrogens (tertiary/aromatic N) is 3. The maximum absolute atomic E-state index is 12.8. The summed E-state index contributed by atoms with van der Waals surface area (Å²) in [5.74, 6) is 0.410. The first-order chi connectivity index (χ1) is 14.0. The number of likely N-dealkylation sites (N-methyl/N-ethyl adjacent to an activating group) is 1. The van der Waals surface area contributed by atoms with Gasteiger partial charge in [0, 0.05) is 13.0 Å². The third kappa shape index (κ3) is 3.69. The number of H-pyrrole nitrogens is 1. The molecule has 2 aromatic carbocycles. The van der Waals surface area contributed by atoms with Gasteiger partial charge in [-0.1, -0.05) is 49.4 Å². The van der Waals surface area contributed by atoms with Crippen molar-refractivity contribution in [1.29, 1.82) is 0 Å². The molecule has 1 aliphatic rings. The zero-order chi connectivity index (χ0) is 20.4. The van der Waals surface area contributed by atoms with Gasteiger partial charge in [0.25, 0.3) is 11.8 Å². The summed E-state index contributed by atoms with van der Waals surface area (Å²) in [5, 5.41) is 10.7. The van der Waals surface area contributed by atoms with Crippen molar-refractivity contribution in [3.05, 3.63) is 71.8 Å². The predicted molar refractivity (Wildman–Crippen MR) is 107 cm³/mol. The van der Waals surface area contributed by atoms with Crippen molar-refractivity contribution in [2.75, 3.05) is 18.6 Å². The van der Waals surface area contributed by atoms with Crippen LogP contribution in [0.1, 0.15) is 34.8 Å². The van der Waals surface area contributed by atoms with Gasteiger partial charge in [0.2, 0.25) is 5.82 Å². The Morgan fingerprint density at radius 2 is 1.90 bits per heavy atom. The van der Waals surface area contributed by atoms with E-state index in [1.54, 1.807) is 19.2 Å². The molecule has 2 amide bonds. The predicted octanol–water partition coefficient (Wildman–Crippen LogP) is 2.11. The highest BCUT2D eigenvalue weighted by Crippen LogP contribution is 2.29. The molecule has 8 nitrogen and oxygen atoms in total. The number of carbonyl (C=O) groups excluding carboxylic acids is 2. The number of fused-ring (bicyclic) bond motifs is 1. The smallest absolute Gasteiger partial charge is 0.289 e. The summed E-state index contributed by atoms with van der Waals surface area (Å²) >= 11 is 0. The van der Waals surface area contributed by atoms with E-state index in [1.165, 1.54) is 4.90 Å². The van der Waals surface area contributed by atoms with Gasteiger partial charge in [-0.3, -0.25) is 9.59 Å². The SMILES string of the molecule is C[C@@H](c1ccccc1)c1nnc(C(=O)NC2COc3ccccc3N(C)C2=O)[nH]1. The fourth-order valence-electron chi connectivity index (χ4n) is 3.25. The number of para-hydroxylation sites is 2. The maximum Gasteiger partial charge on any atom is 0.289 e. The first-order valence-corrected chi connectivity index (χ1v) is 9.32. The second kappa shape index (κ2) is 7.75. The third-order valence-electron chi connectivity index (χ3n) is 5.00.